The zero-order valence-electron chi connectivity index (χ0n) is 9.12. The molecule has 1 aromatic rings. The van der Waals surface area contributed by atoms with Gasteiger partial charge in [-0.3, -0.25) is 0 Å². The van der Waals surface area contributed by atoms with Crippen LogP contribution in [-0.4, -0.2) is 26.8 Å². The second-order valence-corrected chi connectivity index (χ2v) is 3.83. The Kier molecular flexibility index (Phi) is 5.02. The predicted molar refractivity (Wildman–Crippen MR) is 63.9 cm³/mol. The van der Waals surface area contributed by atoms with Crippen LogP contribution in [0.1, 0.15) is 5.56 Å². The van der Waals surface area contributed by atoms with E-state index in [0.717, 1.165) is 10.0 Å². The Morgan fingerprint density at radius 1 is 1.31 bits per heavy atom. The summed E-state index contributed by atoms with van der Waals surface area (Å²) in [7, 11) is 3.18. The normalized spacial score (nSPS) is 9.44. The quantitative estimate of drug-likeness (QED) is 0.616. The maximum Gasteiger partial charge on any atom is 0.234 e. The highest BCUT2D eigenvalue weighted by molar-refractivity contribution is 9.10. The number of methoxy groups -OCH3 is 2. The fraction of sp³-hybridized carbons (Fsp3) is 0.364. The molecule has 0 radical (unpaired) electrons. The van der Waals surface area contributed by atoms with Crippen LogP contribution in [0.25, 0.3) is 0 Å². The van der Waals surface area contributed by atoms with E-state index < -0.39 is 0 Å². The van der Waals surface area contributed by atoms with E-state index in [2.05, 4.69) is 20.9 Å². The third kappa shape index (κ3) is 3.08. The van der Waals surface area contributed by atoms with Crippen molar-refractivity contribution in [2.24, 2.45) is 4.99 Å². The van der Waals surface area contributed by atoms with Crippen molar-refractivity contribution in [2.75, 3.05) is 20.8 Å². The van der Waals surface area contributed by atoms with Gasteiger partial charge in [0.05, 0.1) is 20.8 Å². The van der Waals surface area contributed by atoms with Gasteiger partial charge in [0.1, 0.15) is 16.0 Å². The molecule has 0 saturated heterocycles. The molecule has 0 aliphatic carbocycles. The molecule has 86 valence electrons. The second-order valence-electron chi connectivity index (χ2n) is 3.04. The molecule has 4 nitrogen and oxygen atoms in total. The topological polar surface area (TPSA) is 47.9 Å². The van der Waals surface area contributed by atoms with Gasteiger partial charge < -0.3 is 9.47 Å². The van der Waals surface area contributed by atoms with Crippen LogP contribution >= 0.6 is 15.9 Å². The molecule has 0 atom stereocenters. The summed E-state index contributed by atoms with van der Waals surface area (Å²) < 4.78 is 11.2. The van der Waals surface area contributed by atoms with E-state index in [0.29, 0.717) is 24.5 Å². The van der Waals surface area contributed by atoms with Crippen LogP contribution in [0.4, 0.5) is 0 Å². The third-order valence-electron chi connectivity index (χ3n) is 2.08. The second kappa shape index (κ2) is 6.30. The predicted octanol–water partition coefficient (Wildman–Crippen LogP) is 2.34. The van der Waals surface area contributed by atoms with Gasteiger partial charge >= 0.3 is 0 Å². The molecule has 1 aromatic carbocycles. The van der Waals surface area contributed by atoms with Crippen molar-refractivity contribution in [3.05, 3.63) is 22.2 Å². The lowest BCUT2D eigenvalue weighted by atomic mass is 10.1. The summed E-state index contributed by atoms with van der Waals surface area (Å²) in [6.07, 6.45) is 2.16. The highest BCUT2D eigenvalue weighted by Crippen LogP contribution is 2.35. The van der Waals surface area contributed by atoms with Crippen molar-refractivity contribution < 1.29 is 14.3 Å². The lowest BCUT2D eigenvalue weighted by Gasteiger charge is -2.10. The summed E-state index contributed by atoms with van der Waals surface area (Å²) in [5.74, 6) is 1.40. The van der Waals surface area contributed by atoms with Gasteiger partial charge in [-0.15, -0.1) is 0 Å². The van der Waals surface area contributed by atoms with Crippen LogP contribution in [0.3, 0.4) is 0 Å². The van der Waals surface area contributed by atoms with Gasteiger partial charge in [0, 0.05) is 0 Å². The Morgan fingerprint density at radius 2 is 1.88 bits per heavy atom. The van der Waals surface area contributed by atoms with E-state index in [4.69, 9.17) is 9.47 Å². The van der Waals surface area contributed by atoms with Crippen LogP contribution in [0.2, 0.25) is 0 Å². The molecule has 0 fully saturated rings. The Labute approximate surface area is 102 Å². The van der Waals surface area contributed by atoms with Crippen LogP contribution in [-0.2, 0) is 11.2 Å². The van der Waals surface area contributed by atoms with Gasteiger partial charge in [0.15, 0.2) is 0 Å². The van der Waals surface area contributed by atoms with Crippen LogP contribution in [0.15, 0.2) is 21.6 Å². The minimum atomic E-state index is 0.414. The van der Waals surface area contributed by atoms with Crippen LogP contribution in [0, 0.1) is 0 Å². The van der Waals surface area contributed by atoms with Crippen LogP contribution < -0.4 is 9.47 Å². The van der Waals surface area contributed by atoms with E-state index >= 15 is 0 Å². The highest BCUT2D eigenvalue weighted by atomic mass is 79.9. The van der Waals surface area contributed by atoms with Crippen molar-refractivity contribution in [3.63, 3.8) is 0 Å². The number of hydrogen-bond donors (Lipinski definition) is 0. The van der Waals surface area contributed by atoms with Gasteiger partial charge in [-0.25, -0.2) is 9.79 Å². The summed E-state index contributed by atoms with van der Waals surface area (Å²) in [6.45, 7) is 0.414. The van der Waals surface area contributed by atoms with E-state index in [1.807, 2.05) is 12.1 Å². The maximum atomic E-state index is 9.95. The molecule has 0 heterocycles. The van der Waals surface area contributed by atoms with Crippen molar-refractivity contribution in [2.45, 2.75) is 6.42 Å². The molecule has 0 aliphatic heterocycles. The molecule has 0 aromatic heterocycles. The Morgan fingerprint density at radius 3 is 2.31 bits per heavy atom. The number of carbonyl (C=O) groups excluding carboxylic acids is 1. The van der Waals surface area contributed by atoms with Gasteiger partial charge in [0.2, 0.25) is 6.08 Å². The summed E-state index contributed by atoms with van der Waals surface area (Å²) in [5, 5.41) is 0. The largest absolute Gasteiger partial charge is 0.495 e. The van der Waals surface area contributed by atoms with Crippen LogP contribution in [0.5, 0.6) is 11.5 Å². The average Bonchev–Trinajstić information content (AvgIpc) is 2.31. The first kappa shape index (κ1) is 12.7. The molecular weight excluding hydrogens is 274 g/mol. The Balaban J connectivity index is 2.97. The highest BCUT2D eigenvalue weighted by Gasteiger charge is 2.09. The summed E-state index contributed by atoms with van der Waals surface area (Å²) in [6, 6.07) is 3.76. The number of benzene rings is 1. The molecule has 0 N–H and O–H groups in total. The van der Waals surface area contributed by atoms with E-state index in [9.17, 15) is 4.79 Å². The molecule has 0 bridgehead atoms. The standard InChI is InChI=1S/C11H12BrNO3/c1-15-9-5-8(3-4-13-7-14)6-10(16-2)11(9)12/h5-6H,3-4H2,1-2H3. The number of aliphatic imine (C=N–C) groups is 1. The zero-order chi connectivity index (χ0) is 12.0. The smallest absolute Gasteiger partial charge is 0.234 e. The fourth-order valence-corrected chi connectivity index (χ4v) is 1.85. The fourth-order valence-electron chi connectivity index (χ4n) is 1.30. The summed E-state index contributed by atoms with van der Waals surface area (Å²) in [5.41, 5.74) is 0.996. The lowest BCUT2D eigenvalue weighted by Crippen LogP contribution is -1.95. The SMILES string of the molecule is COc1cc(CCN=C=O)cc(OC)c1Br. The monoisotopic (exact) mass is 285 g/mol. The van der Waals surface area contributed by atoms with Crippen molar-refractivity contribution >= 4 is 22.0 Å². The maximum absolute atomic E-state index is 9.95. The number of halogens is 1. The Hall–Kier alpha value is -1.32. The molecule has 0 saturated carbocycles. The van der Waals surface area contributed by atoms with Gasteiger partial charge in [-0.2, -0.15) is 0 Å². The number of isocyanates is 1. The molecule has 1 rings (SSSR count). The molecule has 5 heteroatoms. The third-order valence-corrected chi connectivity index (χ3v) is 2.86. The number of ether oxygens (including phenoxy) is 2. The number of hydrogen-bond acceptors (Lipinski definition) is 4. The molecule has 16 heavy (non-hydrogen) atoms. The van der Waals surface area contributed by atoms with E-state index in [1.54, 1.807) is 14.2 Å². The van der Waals surface area contributed by atoms with Gasteiger partial charge in [-0.1, -0.05) is 0 Å². The van der Waals surface area contributed by atoms with Gasteiger partial charge in [-0.05, 0) is 40.0 Å². The van der Waals surface area contributed by atoms with Crippen molar-refractivity contribution in [3.8, 4) is 11.5 Å². The van der Waals surface area contributed by atoms with Gasteiger partial charge in [0.25, 0.3) is 0 Å². The molecule has 0 unspecified atom stereocenters. The van der Waals surface area contributed by atoms with E-state index in [-0.39, 0.29) is 0 Å². The number of rotatable bonds is 5. The first-order valence-electron chi connectivity index (χ1n) is 4.67. The molecule has 0 amide bonds. The minimum absolute atomic E-state index is 0.414. The average molecular weight is 286 g/mol. The number of nitrogens with zero attached hydrogens (tertiary/aromatic N) is 1. The summed E-state index contributed by atoms with van der Waals surface area (Å²) >= 11 is 3.38. The zero-order valence-corrected chi connectivity index (χ0v) is 10.7. The molecular formula is C11H12BrNO3. The van der Waals surface area contributed by atoms with E-state index in [1.165, 1.54) is 6.08 Å². The first-order valence-corrected chi connectivity index (χ1v) is 5.46. The minimum Gasteiger partial charge on any atom is -0.495 e. The molecule has 0 aliphatic rings. The van der Waals surface area contributed by atoms with Crippen molar-refractivity contribution in [1.29, 1.82) is 0 Å². The first-order chi connectivity index (χ1) is 7.72. The molecule has 0 spiro atoms. The summed E-state index contributed by atoms with van der Waals surface area (Å²) in [4.78, 5) is 13.4. The Bertz CT molecular complexity index is 389. The van der Waals surface area contributed by atoms with Crippen molar-refractivity contribution in [1.82, 2.24) is 0 Å². The lowest BCUT2D eigenvalue weighted by molar-refractivity contribution is 0.388.